The van der Waals surface area contributed by atoms with Gasteiger partial charge in [-0.05, 0) is 25.0 Å². The third-order valence-electron chi connectivity index (χ3n) is 3.83. The van der Waals surface area contributed by atoms with Crippen LogP contribution >= 0.6 is 10.1 Å². The number of aromatic nitrogens is 1. The number of nitrogens with zero attached hydrogens (tertiary/aromatic N) is 4. The van der Waals surface area contributed by atoms with Gasteiger partial charge < -0.3 is 10.5 Å². The van der Waals surface area contributed by atoms with Crippen molar-refractivity contribution in [2.45, 2.75) is 19.3 Å². The van der Waals surface area contributed by atoms with E-state index >= 15 is 0 Å². The number of benzene rings is 1. The molecule has 1 fully saturated rings. The molecule has 0 amide bonds. The van der Waals surface area contributed by atoms with E-state index in [1.807, 2.05) is 48.5 Å². The van der Waals surface area contributed by atoms with E-state index in [1.165, 1.54) is 19.3 Å². The van der Waals surface area contributed by atoms with Crippen molar-refractivity contribution in [3.63, 3.8) is 0 Å². The average Bonchev–Trinajstić information content (AvgIpc) is 2.72. The van der Waals surface area contributed by atoms with Gasteiger partial charge in [-0.1, -0.05) is 42.8 Å². The summed E-state index contributed by atoms with van der Waals surface area (Å²) >= 11 is 8.18. The molecule has 1 aliphatic rings. The Bertz CT molecular complexity index is 634. The minimum Gasteiger partial charge on any atom is -0.514 e. The van der Waals surface area contributed by atoms with Gasteiger partial charge in [0.2, 0.25) is 0 Å². The largest absolute Gasteiger partial charge is 0.514 e. The summed E-state index contributed by atoms with van der Waals surface area (Å²) in [6.45, 7) is 2.00. The fraction of sp³-hybridized carbons (Fsp3) is 0.278. The van der Waals surface area contributed by atoms with Gasteiger partial charge in [0.1, 0.15) is 0 Å². The molecule has 0 radical (unpaired) electrons. The first-order valence-electron chi connectivity index (χ1n) is 8.02. The normalized spacial score (nSPS) is 15.1. The summed E-state index contributed by atoms with van der Waals surface area (Å²) in [6.07, 6.45) is 5.43. The Morgan fingerprint density at radius 3 is 2.36 bits per heavy atom. The van der Waals surface area contributed by atoms with Crippen LogP contribution in [-0.4, -0.2) is 33.8 Å². The van der Waals surface area contributed by atoms with Crippen molar-refractivity contribution < 1.29 is 15.1 Å². The number of thiol groups is 1. The van der Waals surface area contributed by atoms with Gasteiger partial charge in [-0.15, -0.1) is 0 Å². The summed E-state index contributed by atoms with van der Waals surface area (Å²) < 4.78 is 0. The van der Waals surface area contributed by atoms with E-state index in [0.717, 1.165) is 30.1 Å². The SMILES string of the molecule is [Cl][Cu+].[SH+]=C([N-]N=C(c1ccccc1)c1ccccn1)N1CCCCC1. The van der Waals surface area contributed by atoms with Crippen LogP contribution in [0.5, 0.6) is 0 Å². The molecule has 0 unspecified atom stereocenters. The summed E-state index contributed by atoms with van der Waals surface area (Å²) in [4.78, 5) is 6.59. The summed E-state index contributed by atoms with van der Waals surface area (Å²) in [5.74, 6) is 0. The zero-order chi connectivity index (χ0) is 17.9. The molecule has 0 N–H and O–H groups in total. The second-order valence-electron chi connectivity index (χ2n) is 5.48. The van der Waals surface area contributed by atoms with Crippen molar-refractivity contribution in [1.29, 1.82) is 0 Å². The molecule has 1 aromatic carbocycles. The van der Waals surface area contributed by atoms with Gasteiger partial charge >= 0.3 is 25.2 Å². The third kappa shape index (κ3) is 6.17. The maximum Gasteiger partial charge on any atom is 0.189 e. The van der Waals surface area contributed by atoms with E-state index in [2.05, 4.69) is 57.8 Å². The van der Waals surface area contributed by atoms with Crippen LogP contribution in [0.4, 0.5) is 0 Å². The van der Waals surface area contributed by atoms with E-state index in [4.69, 9.17) is 0 Å². The molecule has 1 saturated heterocycles. The Balaban J connectivity index is 0.00000109. The predicted octanol–water partition coefficient (Wildman–Crippen LogP) is 3.75. The standard InChI is InChI=1S/C18H20N4S.ClH.Cu/c23-18(22-13-7-2-8-14-22)21-20-17(15-9-3-1-4-10-15)16-11-5-6-12-19-16;;/h1,3-6,9-12H,2,7-8,13-14H2,(H,19,21,23);1H;/q;;+2/p-1. The maximum absolute atomic E-state index is 4.52. The fourth-order valence-electron chi connectivity index (χ4n) is 2.61. The van der Waals surface area contributed by atoms with Crippen molar-refractivity contribution in [2.24, 2.45) is 5.10 Å². The Morgan fingerprint density at radius 2 is 1.72 bits per heavy atom. The zero-order valence-corrected chi connectivity index (χ0v) is 16.2. The van der Waals surface area contributed by atoms with Crippen LogP contribution in [0.3, 0.4) is 0 Å². The Morgan fingerprint density at radius 1 is 1.04 bits per heavy atom. The molecule has 0 atom stereocenters. The van der Waals surface area contributed by atoms with Crippen molar-refractivity contribution in [3.8, 4) is 0 Å². The Labute approximate surface area is 166 Å². The van der Waals surface area contributed by atoms with E-state index < -0.39 is 0 Å². The fourth-order valence-corrected chi connectivity index (χ4v) is 2.85. The summed E-state index contributed by atoms with van der Waals surface area (Å²) in [6, 6.07) is 15.8. The first kappa shape index (κ1) is 20.0. The smallest absolute Gasteiger partial charge is 0.189 e. The van der Waals surface area contributed by atoms with Crippen LogP contribution in [0.2, 0.25) is 0 Å². The minimum absolute atomic E-state index is 0.675. The van der Waals surface area contributed by atoms with Crippen LogP contribution < -0.4 is 0 Å². The molecule has 2 aromatic rings. The van der Waals surface area contributed by atoms with Gasteiger partial charge in [-0.3, -0.25) is 4.98 Å². The van der Waals surface area contributed by atoms with Crippen molar-refractivity contribution in [2.75, 3.05) is 13.1 Å². The van der Waals surface area contributed by atoms with Crippen LogP contribution in [0.15, 0.2) is 59.8 Å². The van der Waals surface area contributed by atoms with Crippen LogP contribution in [0.25, 0.3) is 5.43 Å². The van der Waals surface area contributed by atoms with Crippen LogP contribution in [-0.2, 0) is 27.3 Å². The van der Waals surface area contributed by atoms with Crippen LogP contribution in [0, 0.1) is 0 Å². The van der Waals surface area contributed by atoms with Gasteiger partial charge in [0.25, 0.3) is 0 Å². The second-order valence-corrected chi connectivity index (χ2v) is 5.88. The minimum atomic E-state index is 0.675. The number of hydrogen-bond donors (Lipinski definition) is 0. The molecular formula is C18H20ClCuN4S+. The molecule has 1 aliphatic heterocycles. The number of halogens is 1. The molecule has 0 saturated carbocycles. The number of rotatable bonds is 3. The van der Waals surface area contributed by atoms with E-state index in [0.29, 0.717) is 5.11 Å². The van der Waals surface area contributed by atoms with Crippen LogP contribution in [0.1, 0.15) is 30.5 Å². The first-order valence-corrected chi connectivity index (χ1v) is 9.76. The number of hydrogen-bond acceptors (Lipinski definition) is 2. The molecule has 0 bridgehead atoms. The molecule has 3 rings (SSSR count). The van der Waals surface area contributed by atoms with E-state index in [-0.39, 0.29) is 0 Å². The molecule has 0 spiro atoms. The van der Waals surface area contributed by atoms with E-state index in [9.17, 15) is 0 Å². The maximum atomic E-state index is 4.52. The molecule has 25 heavy (non-hydrogen) atoms. The van der Waals surface area contributed by atoms with Crippen molar-refractivity contribution in [1.82, 2.24) is 9.88 Å². The molecule has 135 valence electrons. The molecule has 7 heteroatoms. The van der Waals surface area contributed by atoms with Crippen molar-refractivity contribution in [3.05, 3.63) is 71.4 Å². The third-order valence-corrected chi connectivity index (χ3v) is 4.21. The Hall–Kier alpha value is -1.30. The number of piperidine rings is 1. The van der Waals surface area contributed by atoms with Crippen molar-refractivity contribution >= 4 is 33.1 Å². The molecule has 4 nitrogen and oxygen atoms in total. The van der Waals surface area contributed by atoms with E-state index in [1.54, 1.807) is 6.20 Å². The topological polar surface area (TPSA) is 42.6 Å². The van der Waals surface area contributed by atoms with Gasteiger partial charge in [0, 0.05) is 24.8 Å². The average molecular weight is 423 g/mol. The Kier molecular flexibility index (Phi) is 9.08. The number of pyridine rings is 1. The monoisotopic (exact) mass is 422 g/mol. The molecule has 0 aliphatic carbocycles. The van der Waals surface area contributed by atoms with Gasteiger partial charge in [-0.25, -0.2) is 4.90 Å². The molecule has 2 heterocycles. The number of likely N-dealkylation sites (tertiary alicyclic amines) is 1. The second kappa shape index (κ2) is 11.3. The summed E-state index contributed by atoms with van der Waals surface area (Å²) in [5, 5.41) is 5.14. The van der Waals surface area contributed by atoms with Gasteiger partial charge in [0.15, 0.2) is 17.3 Å². The van der Waals surface area contributed by atoms with Gasteiger partial charge in [-0.2, -0.15) is 0 Å². The quantitative estimate of drug-likeness (QED) is 0.189. The summed E-state index contributed by atoms with van der Waals surface area (Å²) in [5.41, 5.74) is 6.92. The first-order chi connectivity index (χ1) is 12.3. The molecule has 1 aromatic heterocycles. The summed E-state index contributed by atoms with van der Waals surface area (Å²) in [7, 11) is 4.20. The molecular weight excluding hydrogens is 403 g/mol. The van der Waals surface area contributed by atoms with Gasteiger partial charge in [0.05, 0.1) is 11.4 Å². The predicted molar refractivity (Wildman–Crippen MR) is 105 cm³/mol. The zero-order valence-electron chi connectivity index (χ0n) is 13.6.